The quantitative estimate of drug-likeness (QED) is 0.598. The highest BCUT2D eigenvalue weighted by atomic mass is 16.5. The summed E-state index contributed by atoms with van der Waals surface area (Å²) in [6.07, 6.45) is 9.23. The molecule has 0 saturated heterocycles. The summed E-state index contributed by atoms with van der Waals surface area (Å²) in [6.45, 7) is 8.85. The van der Waals surface area contributed by atoms with Gasteiger partial charge in [0.1, 0.15) is 0 Å². The third-order valence-electron chi connectivity index (χ3n) is 8.09. The third-order valence-corrected chi connectivity index (χ3v) is 8.09. The SMILES string of the molecule is CC[C@]1(C)C=C2CCC3[C@](C)(C(=O)OC)CCC[C@]3(C)[C@H]2C[C@H]1O. The Morgan fingerprint density at radius 3 is 2.67 bits per heavy atom. The first-order valence-electron chi connectivity index (χ1n) is 9.69. The minimum absolute atomic E-state index is 0.0411. The lowest BCUT2D eigenvalue weighted by atomic mass is 9.45. The highest BCUT2D eigenvalue weighted by molar-refractivity contribution is 5.77. The van der Waals surface area contributed by atoms with Crippen LogP contribution >= 0.6 is 0 Å². The zero-order valence-corrected chi connectivity index (χ0v) is 16.0. The van der Waals surface area contributed by atoms with Gasteiger partial charge in [0, 0.05) is 5.41 Å². The van der Waals surface area contributed by atoms with Crippen molar-refractivity contribution >= 4 is 5.97 Å². The van der Waals surface area contributed by atoms with Crippen molar-refractivity contribution in [3.05, 3.63) is 11.6 Å². The van der Waals surface area contributed by atoms with E-state index >= 15 is 0 Å². The molecule has 3 rings (SSSR count). The molecule has 1 N–H and O–H groups in total. The maximum atomic E-state index is 12.6. The number of hydrogen-bond acceptors (Lipinski definition) is 3. The molecular formula is C21H34O3. The zero-order chi connectivity index (χ0) is 17.8. The molecule has 3 aliphatic rings. The molecule has 24 heavy (non-hydrogen) atoms. The molecule has 0 bridgehead atoms. The van der Waals surface area contributed by atoms with Crippen LogP contribution in [0.2, 0.25) is 0 Å². The van der Waals surface area contributed by atoms with Crippen LogP contribution < -0.4 is 0 Å². The van der Waals surface area contributed by atoms with E-state index in [1.165, 1.54) is 12.7 Å². The Morgan fingerprint density at radius 2 is 2.04 bits per heavy atom. The topological polar surface area (TPSA) is 46.5 Å². The minimum Gasteiger partial charge on any atom is -0.469 e. The molecule has 0 aromatic rings. The standard InChI is InChI=1S/C21H34O3/c1-6-19(2)13-14-8-9-16-20(3,15(14)12-17(19)22)10-7-11-21(16,4)18(23)24-5/h13,15-17,22H,6-12H2,1-5H3/t15-,16?,17+,19+,20+,21+/m0/s1. The fraction of sp³-hybridized carbons (Fsp3) is 0.857. The molecule has 2 saturated carbocycles. The van der Waals surface area contributed by atoms with E-state index in [1.807, 2.05) is 0 Å². The van der Waals surface area contributed by atoms with Crippen LogP contribution in [-0.4, -0.2) is 24.3 Å². The van der Waals surface area contributed by atoms with Crippen molar-refractivity contribution in [3.8, 4) is 0 Å². The predicted octanol–water partition coefficient (Wildman–Crippen LogP) is 4.49. The van der Waals surface area contributed by atoms with Gasteiger partial charge in [0.05, 0.1) is 18.6 Å². The van der Waals surface area contributed by atoms with Crippen molar-refractivity contribution in [1.29, 1.82) is 0 Å². The molecule has 136 valence electrons. The van der Waals surface area contributed by atoms with Gasteiger partial charge in [0.15, 0.2) is 0 Å². The average Bonchev–Trinajstić information content (AvgIpc) is 2.55. The van der Waals surface area contributed by atoms with E-state index in [4.69, 9.17) is 4.74 Å². The molecule has 0 radical (unpaired) electrons. The summed E-state index contributed by atoms with van der Waals surface area (Å²) >= 11 is 0. The Kier molecular flexibility index (Phi) is 4.39. The molecule has 0 aliphatic heterocycles. The number of carbonyl (C=O) groups excluding carboxylic acids is 1. The largest absolute Gasteiger partial charge is 0.469 e. The normalized spacial score (nSPS) is 48.1. The summed E-state index contributed by atoms with van der Waals surface area (Å²) in [7, 11) is 1.52. The first-order chi connectivity index (χ1) is 11.2. The number of esters is 1. The Hall–Kier alpha value is -0.830. The van der Waals surface area contributed by atoms with Crippen molar-refractivity contribution in [2.45, 2.75) is 78.7 Å². The number of carbonyl (C=O) groups is 1. The maximum Gasteiger partial charge on any atom is 0.311 e. The van der Waals surface area contributed by atoms with Gasteiger partial charge in [-0.15, -0.1) is 0 Å². The number of fused-ring (bicyclic) bond motifs is 3. The molecule has 2 fully saturated rings. The van der Waals surface area contributed by atoms with Crippen LogP contribution in [0.1, 0.15) is 72.6 Å². The van der Waals surface area contributed by atoms with E-state index in [0.29, 0.717) is 11.8 Å². The van der Waals surface area contributed by atoms with E-state index in [-0.39, 0.29) is 28.3 Å². The lowest BCUT2D eigenvalue weighted by Gasteiger charge is -2.59. The number of hydrogen-bond donors (Lipinski definition) is 1. The zero-order valence-electron chi connectivity index (χ0n) is 16.0. The average molecular weight is 334 g/mol. The van der Waals surface area contributed by atoms with Gasteiger partial charge in [-0.2, -0.15) is 0 Å². The minimum atomic E-state index is -0.371. The van der Waals surface area contributed by atoms with Crippen molar-refractivity contribution in [2.75, 3.05) is 7.11 Å². The van der Waals surface area contributed by atoms with Crippen LogP contribution in [0.3, 0.4) is 0 Å². The summed E-state index contributed by atoms with van der Waals surface area (Å²) in [5.41, 5.74) is 1.18. The second kappa shape index (κ2) is 5.86. The molecule has 3 aliphatic carbocycles. The van der Waals surface area contributed by atoms with E-state index in [9.17, 15) is 9.90 Å². The van der Waals surface area contributed by atoms with Crippen LogP contribution in [0, 0.1) is 28.1 Å². The summed E-state index contributed by atoms with van der Waals surface area (Å²) in [6, 6.07) is 0. The molecule has 0 aromatic carbocycles. The van der Waals surface area contributed by atoms with Gasteiger partial charge < -0.3 is 9.84 Å². The Labute approximate surface area is 146 Å². The van der Waals surface area contributed by atoms with Gasteiger partial charge in [-0.25, -0.2) is 0 Å². The third kappa shape index (κ3) is 2.38. The lowest BCUT2D eigenvalue weighted by molar-refractivity contribution is -0.169. The second-order valence-electron chi connectivity index (χ2n) is 9.24. The van der Waals surface area contributed by atoms with E-state index < -0.39 is 0 Å². The summed E-state index contributed by atoms with van der Waals surface area (Å²) < 4.78 is 5.19. The second-order valence-corrected chi connectivity index (χ2v) is 9.24. The molecule has 1 unspecified atom stereocenters. The number of methoxy groups -OCH3 is 1. The van der Waals surface area contributed by atoms with Crippen molar-refractivity contribution in [3.63, 3.8) is 0 Å². The molecule has 0 amide bonds. The molecule has 6 atom stereocenters. The summed E-state index contributed by atoms with van der Waals surface area (Å²) in [5, 5.41) is 10.8. The number of ether oxygens (including phenoxy) is 1. The monoisotopic (exact) mass is 334 g/mol. The van der Waals surface area contributed by atoms with E-state index in [1.54, 1.807) is 0 Å². The molecule has 0 aromatic heterocycles. The first kappa shape index (κ1) is 18.0. The van der Waals surface area contributed by atoms with Crippen LogP contribution in [0.25, 0.3) is 0 Å². The van der Waals surface area contributed by atoms with Crippen LogP contribution in [0.5, 0.6) is 0 Å². The van der Waals surface area contributed by atoms with Gasteiger partial charge in [-0.3, -0.25) is 4.79 Å². The van der Waals surface area contributed by atoms with Gasteiger partial charge in [0.25, 0.3) is 0 Å². The number of rotatable bonds is 2. The highest BCUT2D eigenvalue weighted by Crippen LogP contribution is 2.64. The highest BCUT2D eigenvalue weighted by Gasteiger charge is 2.59. The van der Waals surface area contributed by atoms with Gasteiger partial charge in [-0.1, -0.05) is 38.8 Å². The van der Waals surface area contributed by atoms with Crippen LogP contribution in [0.4, 0.5) is 0 Å². The van der Waals surface area contributed by atoms with Crippen LogP contribution in [-0.2, 0) is 9.53 Å². The number of allylic oxidation sites excluding steroid dienone is 1. The van der Waals surface area contributed by atoms with Crippen LogP contribution in [0.15, 0.2) is 11.6 Å². The van der Waals surface area contributed by atoms with Gasteiger partial charge in [0.2, 0.25) is 0 Å². The molecule has 3 nitrogen and oxygen atoms in total. The smallest absolute Gasteiger partial charge is 0.311 e. The van der Waals surface area contributed by atoms with Gasteiger partial charge >= 0.3 is 5.97 Å². The van der Waals surface area contributed by atoms with Crippen molar-refractivity contribution in [2.24, 2.45) is 28.1 Å². The Morgan fingerprint density at radius 1 is 1.33 bits per heavy atom. The molecule has 0 spiro atoms. The molecule has 0 heterocycles. The van der Waals surface area contributed by atoms with Gasteiger partial charge in [-0.05, 0) is 62.7 Å². The van der Waals surface area contributed by atoms with Crippen molar-refractivity contribution < 1.29 is 14.6 Å². The fourth-order valence-electron chi connectivity index (χ4n) is 6.31. The lowest BCUT2D eigenvalue weighted by Crippen LogP contribution is -2.55. The van der Waals surface area contributed by atoms with E-state index in [0.717, 1.165) is 44.9 Å². The Bertz CT molecular complexity index is 553. The summed E-state index contributed by atoms with van der Waals surface area (Å²) in [5.74, 6) is 0.724. The fourth-order valence-corrected chi connectivity index (χ4v) is 6.31. The molecular weight excluding hydrogens is 300 g/mol. The number of aliphatic hydroxyl groups is 1. The van der Waals surface area contributed by atoms with E-state index in [2.05, 4.69) is 33.8 Å². The Balaban J connectivity index is 2.00. The molecule has 3 heteroatoms. The maximum absolute atomic E-state index is 12.6. The predicted molar refractivity (Wildman–Crippen MR) is 95.4 cm³/mol. The van der Waals surface area contributed by atoms with Crippen molar-refractivity contribution in [1.82, 2.24) is 0 Å². The first-order valence-corrected chi connectivity index (χ1v) is 9.69. The number of aliphatic hydroxyl groups excluding tert-OH is 1. The summed E-state index contributed by atoms with van der Waals surface area (Å²) in [4.78, 5) is 12.6.